The van der Waals surface area contributed by atoms with Crippen LogP contribution in [0.25, 0.3) is 0 Å². The van der Waals surface area contributed by atoms with Gasteiger partial charge >= 0.3 is 0 Å². The van der Waals surface area contributed by atoms with Crippen LogP contribution in [0.2, 0.25) is 0 Å². The highest BCUT2D eigenvalue weighted by atomic mass is 79.9. The molecule has 0 aromatic heterocycles. The molecule has 1 aromatic carbocycles. The van der Waals surface area contributed by atoms with E-state index >= 15 is 0 Å². The predicted octanol–water partition coefficient (Wildman–Crippen LogP) is 5.73. The molecule has 0 spiro atoms. The molecule has 0 saturated heterocycles. The van der Waals surface area contributed by atoms with E-state index in [0.717, 1.165) is 17.7 Å². The van der Waals surface area contributed by atoms with E-state index in [1.165, 1.54) is 11.1 Å². The summed E-state index contributed by atoms with van der Waals surface area (Å²) in [7, 11) is 0. The van der Waals surface area contributed by atoms with Gasteiger partial charge in [-0.15, -0.1) is 0 Å². The van der Waals surface area contributed by atoms with E-state index in [9.17, 15) is 0 Å². The van der Waals surface area contributed by atoms with Crippen molar-refractivity contribution in [2.24, 2.45) is 5.41 Å². The molecule has 2 heteroatoms. The summed E-state index contributed by atoms with van der Waals surface area (Å²) in [5.74, 6) is 2.07. The molecular weight excluding hydrogens is 300 g/mol. The summed E-state index contributed by atoms with van der Waals surface area (Å²) in [5, 5.41) is 0.945. The van der Waals surface area contributed by atoms with E-state index < -0.39 is 0 Å². The fourth-order valence-corrected chi connectivity index (χ4v) is 2.12. The first-order valence-electron chi connectivity index (χ1n) is 7.10. The summed E-state index contributed by atoms with van der Waals surface area (Å²) in [6, 6.07) is 6.52. The zero-order valence-corrected chi connectivity index (χ0v) is 14.7. The van der Waals surface area contributed by atoms with Crippen LogP contribution < -0.4 is 4.74 Å². The number of alkyl halides is 1. The van der Waals surface area contributed by atoms with Crippen LogP contribution in [0.5, 0.6) is 5.75 Å². The standard InChI is InChI=1S/C17H27BrO/c1-12(2)14-8-7-9-15(13(3)4)16(14)19-11-17(5,6)10-18/h7-9,12-13H,10-11H2,1-6H3. The number of ether oxygens (including phenoxy) is 1. The van der Waals surface area contributed by atoms with Gasteiger partial charge in [0.15, 0.2) is 0 Å². The SMILES string of the molecule is CC(C)c1cccc(C(C)C)c1OCC(C)(C)CBr. The van der Waals surface area contributed by atoms with Gasteiger partial charge in [0.1, 0.15) is 5.75 Å². The van der Waals surface area contributed by atoms with Gasteiger partial charge in [0, 0.05) is 10.7 Å². The van der Waals surface area contributed by atoms with Gasteiger partial charge < -0.3 is 4.74 Å². The lowest BCUT2D eigenvalue weighted by atomic mass is 9.93. The van der Waals surface area contributed by atoms with Crippen LogP contribution >= 0.6 is 15.9 Å². The van der Waals surface area contributed by atoms with E-state index in [4.69, 9.17) is 4.74 Å². The molecule has 1 aromatic rings. The van der Waals surface area contributed by atoms with Crippen molar-refractivity contribution in [3.8, 4) is 5.75 Å². The Morgan fingerprint density at radius 1 is 1.05 bits per heavy atom. The molecule has 108 valence electrons. The molecule has 0 unspecified atom stereocenters. The molecular formula is C17H27BrO. The van der Waals surface area contributed by atoms with Crippen LogP contribution in [0.1, 0.15) is 64.5 Å². The third kappa shape index (κ3) is 4.52. The van der Waals surface area contributed by atoms with Crippen LogP contribution in [-0.2, 0) is 0 Å². The Kier molecular flexibility index (Phi) is 5.91. The summed E-state index contributed by atoms with van der Waals surface area (Å²) >= 11 is 3.56. The van der Waals surface area contributed by atoms with Crippen LogP contribution in [0.4, 0.5) is 0 Å². The van der Waals surface area contributed by atoms with Gasteiger partial charge in [-0.25, -0.2) is 0 Å². The van der Waals surface area contributed by atoms with Gasteiger partial charge in [-0.1, -0.05) is 75.7 Å². The first-order chi connectivity index (χ1) is 8.78. The van der Waals surface area contributed by atoms with Crippen LogP contribution in [-0.4, -0.2) is 11.9 Å². The monoisotopic (exact) mass is 326 g/mol. The Labute approximate surface area is 126 Å². The van der Waals surface area contributed by atoms with Gasteiger partial charge in [0.05, 0.1) is 6.61 Å². The first-order valence-corrected chi connectivity index (χ1v) is 8.22. The number of rotatable bonds is 6. The average molecular weight is 327 g/mol. The van der Waals surface area contributed by atoms with Crippen LogP contribution in [0.3, 0.4) is 0 Å². The van der Waals surface area contributed by atoms with Gasteiger partial charge in [0.25, 0.3) is 0 Å². The fraction of sp³-hybridized carbons (Fsp3) is 0.647. The molecule has 0 aliphatic carbocycles. The van der Waals surface area contributed by atoms with Gasteiger partial charge in [0.2, 0.25) is 0 Å². The molecule has 0 amide bonds. The Hall–Kier alpha value is -0.500. The lowest BCUT2D eigenvalue weighted by Gasteiger charge is -2.26. The van der Waals surface area contributed by atoms with E-state index in [1.807, 2.05) is 0 Å². The zero-order valence-electron chi connectivity index (χ0n) is 13.1. The van der Waals surface area contributed by atoms with Crippen molar-refractivity contribution < 1.29 is 4.74 Å². The molecule has 0 bridgehead atoms. The van der Waals surface area contributed by atoms with Crippen LogP contribution in [0.15, 0.2) is 18.2 Å². The highest BCUT2D eigenvalue weighted by molar-refractivity contribution is 9.09. The maximum Gasteiger partial charge on any atom is 0.126 e. The zero-order chi connectivity index (χ0) is 14.6. The Morgan fingerprint density at radius 3 is 1.89 bits per heavy atom. The molecule has 1 nitrogen and oxygen atoms in total. The summed E-state index contributed by atoms with van der Waals surface area (Å²) in [6.07, 6.45) is 0. The highest BCUT2D eigenvalue weighted by Gasteiger charge is 2.20. The van der Waals surface area contributed by atoms with Gasteiger partial charge in [-0.05, 0) is 23.0 Å². The molecule has 0 N–H and O–H groups in total. The second kappa shape index (κ2) is 6.78. The summed E-state index contributed by atoms with van der Waals surface area (Å²) in [4.78, 5) is 0. The van der Waals surface area contributed by atoms with Crippen molar-refractivity contribution in [3.05, 3.63) is 29.3 Å². The maximum absolute atomic E-state index is 6.22. The van der Waals surface area contributed by atoms with Crippen molar-refractivity contribution in [2.45, 2.75) is 53.4 Å². The van der Waals surface area contributed by atoms with Crippen molar-refractivity contribution in [1.29, 1.82) is 0 Å². The van der Waals surface area contributed by atoms with Crippen molar-refractivity contribution in [1.82, 2.24) is 0 Å². The summed E-state index contributed by atoms with van der Waals surface area (Å²) in [6.45, 7) is 14.1. The van der Waals surface area contributed by atoms with E-state index in [-0.39, 0.29) is 5.41 Å². The molecule has 0 heterocycles. The van der Waals surface area contributed by atoms with Crippen molar-refractivity contribution >= 4 is 15.9 Å². The largest absolute Gasteiger partial charge is 0.492 e. The lowest BCUT2D eigenvalue weighted by molar-refractivity contribution is 0.199. The molecule has 0 fully saturated rings. The van der Waals surface area contributed by atoms with Crippen molar-refractivity contribution in [2.75, 3.05) is 11.9 Å². The molecule has 0 radical (unpaired) electrons. The van der Waals surface area contributed by atoms with E-state index in [0.29, 0.717) is 11.8 Å². The van der Waals surface area contributed by atoms with Gasteiger partial charge in [-0.3, -0.25) is 0 Å². The van der Waals surface area contributed by atoms with Crippen LogP contribution in [0, 0.1) is 5.41 Å². The number of para-hydroxylation sites is 1. The number of benzene rings is 1. The predicted molar refractivity (Wildman–Crippen MR) is 87.7 cm³/mol. The molecule has 0 saturated carbocycles. The minimum atomic E-state index is 0.151. The first kappa shape index (κ1) is 16.6. The van der Waals surface area contributed by atoms with Gasteiger partial charge in [-0.2, -0.15) is 0 Å². The third-order valence-electron chi connectivity index (χ3n) is 3.29. The lowest BCUT2D eigenvalue weighted by Crippen LogP contribution is -2.23. The topological polar surface area (TPSA) is 9.23 Å². The Balaban J connectivity index is 3.08. The third-order valence-corrected chi connectivity index (χ3v) is 4.81. The molecule has 19 heavy (non-hydrogen) atoms. The second-order valence-corrected chi connectivity index (χ2v) is 7.22. The number of hydrogen-bond donors (Lipinski definition) is 0. The molecule has 0 aliphatic rings. The summed E-state index contributed by atoms with van der Waals surface area (Å²) < 4.78 is 6.22. The quantitative estimate of drug-likeness (QED) is 0.606. The minimum absolute atomic E-state index is 0.151. The smallest absolute Gasteiger partial charge is 0.126 e. The van der Waals surface area contributed by atoms with E-state index in [1.54, 1.807) is 0 Å². The number of hydrogen-bond acceptors (Lipinski definition) is 1. The normalized spacial score (nSPS) is 12.3. The molecule has 1 rings (SSSR count). The van der Waals surface area contributed by atoms with Crippen molar-refractivity contribution in [3.63, 3.8) is 0 Å². The Bertz CT molecular complexity index is 381. The number of halogens is 1. The fourth-order valence-electron chi connectivity index (χ4n) is 1.96. The second-order valence-electron chi connectivity index (χ2n) is 6.66. The average Bonchev–Trinajstić information content (AvgIpc) is 2.35. The Morgan fingerprint density at radius 2 is 1.53 bits per heavy atom. The van der Waals surface area contributed by atoms with E-state index in [2.05, 4.69) is 75.7 Å². The maximum atomic E-state index is 6.22. The molecule has 0 aliphatic heterocycles. The minimum Gasteiger partial charge on any atom is -0.492 e. The summed E-state index contributed by atoms with van der Waals surface area (Å²) in [5.41, 5.74) is 2.78. The highest BCUT2D eigenvalue weighted by Crippen LogP contribution is 2.35. The molecule has 0 atom stereocenters.